The summed E-state index contributed by atoms with van der Waals surface area (Å²) in [5.41, 5.74) is 1.52. The standard InChI is InChI=1S/C21H21ClF4N4/c1-20(15-4-2-3-5-16(15)23)7-10-29(11-8-20)13-14-6-9-30-17(12-21(24,25)26)27-28-19(30)18(14)22/h2-6,9H,7-8,10-13H2,1H3. The maximum absolute atomic E-state index is 14.3. The Morgan fingerprint density at radius 2 is 1.80 bits per heavy atom. The molecule has 0 radical (unpaired) electrons. The summed E-state index contributed by atoms with van der Waals surface area (Å²) in [6.45, 7) is 4.15. The van der Waals surface area contributed by atoms with Crippen molar-refractivity contribution in [3.63, 3.8) is 0 Å². The van der Waals surface area contributed by atoms with Crippen molar-refractivity contribution in [3.05, 3.63) is 64.3 Å². The largest absolute Gasteiger partial charge is 0.396 e. The van der Waals surface area contributed by atoms with Crippen molar-refractivity contribution in [2.45, 2.75) is 44.3 Å². The Morgan fingerprint density at radius 3 is 2.47 bits per heavy atom. The van der Waals surface area contributed by atoms with Gasteiger partial charge in [0.15, 0.2) is 5.65 Å². The smallest absolute Gasteiger partial charge is 0.299 e. The summed E-state index contributed by atoms with van der Waals surface area (Å²) >= 11 is 6.44. The Kier molecular flexibility index (Phi) is 5.48. The van der Waals surface area contributed by atoms with Crippen LogP contribution in [0.5, 0.6) is 0 Å². The number of halogens is 5. The molecule has 0 N–H and O–H groups in total. The summed E-state index contributed by atoms with van der Waals surface area (Å²) in [6, 6.07) is 8.60. The van der Waals surface area contributed by atoms with Gasteiger partial charge in [0.2, 0.25) is 0 Å². The number of benzene rings is 1. The molecule has 30 heavy (non-hydrogen) atoms. The van der Waals surface area contributed by atoms with Crippen LogP contribution in [0.4, 0.5) is 17.6 Å². The normalized spacial score (nSPS) is 17.5. The topological polar surface area (TPSA) is 33.4 Å². The second-order valence-corrected chi connectivity index (χ2v) is 8.45. The van der Waals surface area contributed by atoms with E-state index < -0.39 is 12.6 Å². The first kappa shape index (κ1) is 21.1. The van der Waals surface area contributed by atoms with E-state index in [9.17, 15) is 17.6 Å². The molecular weight excluding hydrogens is 420 g/mol. The van der Waals surface area contributed by atoms with E-state index in [1.54, 1.807) is 12.1 Å². The molecule has 3 heterocycles. The molecule has 3 aromatic rings. The van der Waals surface area contributed by atoms with Crippen molar-refractivity contribution in [2.75, 3.05) is 13.1 Å². The van der Waals surface area contributed by atoms with Crippen molar-refractivity contribution in [1.82, 2.24) is 19.5 Å². The predicted molar refractivity (Wildman–Crippen MR) is 106 cm³/mol. The van der Waals surface area contributed by atoms with Gasteiger partial charge in [-0.2, -0.15) is 13.2 Å². The molecule has 0 unspecified atom stereocenters. The monoisotopic (exact) mass is 440 g/mol. The third-order valence-electron chi connectivity index (χ3n) is 5.91. The van der Waals surface area contributed by atoms with Gasteiger partial charge in [-0.05, 0) is 54.6 Å². The van der Waals surface area contributed by atoms with Crippen LogP contribution in [0.15, 0.2) is 36.5 Å². The average molecular weight is 441 g/mol. The Labute approximate surface area is 176 Å². The van der Waals surface area contributed by atoms with Gasteiger partial charge in [0.05, 0.1) is 5.02 Å². The summed E-state index contributed by atoms with van der Waals surface area (Å²) in [7, 11) is 0. The average Bonchev–Trinajstić information content (AvgIpc) is 3.08. The number of hydrogen-bond donors (Lipinski definition) is 0. The fourth-order valence-electron chi connectivity index (χ4n) is 4.10. The first-order chi connectivity index (χ1) is 14.2. The molecule has 4 rings (SSSR count). The number of fused-ring (bicyclic) bond motifs is 1. The van der Waals surface area contributed by atoms with Crippen LogP contribution in [-0.2, 0) is 18.4 Å². The predicted octanol–water partition coefficient (Wildman–Crippen LogP) is 5.18. The van der Waals surface area contributed by atoms with Crippen LogP contribution < -0.4 is 0 Å². The molecule has 0 aliphatic carbocycles. The second kappa shape index (κ2) is 7.81. The zero-order valence-corrected chi connectivity index (χ0v) is 17.1. The van der Waals surface area contributed by atoms with E-state index in [0.717, 1.165) is 37.1 Å². The van der Waals surface area contributed by atoms with Gasteiger partial charge in [0.1, 0.15) is 18.1 Å². The second-order valence-electron chi connectivity index (χ2n) is 8.07. The summed E-state index contributed by atoms with van der Waals surface area (Å²) in [4.78, 5) is 2.22. The van der Waals surface area contributed by atoms with Crippen molar-refractivity contribution in [2.24, 2.45) is 0 Å². The van der Waals surface area contributed by atoms with E-state index >= 15 is 0 Å². The highest BCUT2D eigenvalue weighted by atomic mass is 35.5. The van der Waals surface area contributed by atoms with Crippen molar-refractivity contribution in [1.29, 1.82) is 0 Å². The molecule has 2 aromatic heterocycles. The summed E-state index contributed by atoms with van der Waals surface area (Å²) in [6.07, 6.45) is -2.40. The van der Waals surface area contributed by atoms with Crippen LogP contribution in [0.25, 0.3) is 5.65 Å². The van der Waals surface area contributed by atoms with E-state index in [1.807, 2.05) is 12.1 Å². The number of alkyl halides is 3. The molecule has 0 bridgehead atoms. The molecule has 1 aromatic carbocycles. The summed E-state index contributed by atoms with van der Waals surface area (Å²) in [5, 5.41) is 7.81. The van der Waals surface area contributed by atoms with Crippen LogP contribution in [-0.4, -0.2) is 38.8 Å². The highest BCUT2D eigenvalue weighted by molar-refractivity contribution is 6.34. The lowest BCUT2D eigenvalue weighted by Gasteiger charge is -2.40. The molecule has 1 aliphatic rings. The number of aromatic nitrogens is 3. The molecule has 0 atom stereocenters. The number of hydrogen-bond acceptors (Lipinski definition) is 3. The van der Waals surface area contributed by atoms with Crippen molar-refractivity contribution >= 4 is 17.2 Å². The van der Waals surface area contributed by atoms with Gasteiger partial charge in [-0.15, -0.1) is 10.2 Å². The van der Waals surface area contributed by atoms with Crippen LogP contribution in [0.1, 0.15) is 36.7 Å². The minimum absolute atomic E-state index is 0.177. The maximum atomic E-state index is 14.3. The molecule has 1 aliphatic heterocycles. The Morgan fingerprint density at radius 1 is 1.10 bits per heavy atom. The van der Waals surface area contributed by atoms with Crippen LogP contribution in [0, 0.1) is 5.82 Å². The summed E-state index contributed by atoms with van der Waals surface area (Å²) < 4.78 is 53.6. The van der Waals surface area contributed by atoms with Gasteiger partial charge in [0, 0.05) is 12.7 Å². The lowest BCUT2D eigenvalue weighted by atomic mass is 9.74. The molecule has 1 fully saturated rings. The van der Waals surface area contributed by atoms with E-state index in [4.69, 9.17) is 11.6 Å². The van der Waals surface area contributed by atoms with Crippen molar-refractivity contribution < 1.29 is 17.6 Å². The zero-order valence-electron chi connectivity index (χ0n) is 16.4. The van der Waals surface area contributed by atoms with Crippen LogP contribution in [0.2, 0.25) is 5.02 Å². The molecule has 1 saturated heterocycles. The van der Waals surface area contributed by atoms with Gasteiger partial charge < -0.3 is 0 Å². The van der Waals surface area contributed by atoms with Gasteiger partial charge in [-0.1, -0.05) is 36.7 Å². The third kappa shape index (κ3) is 4.16. The van der Waals surface area contributed by atoms with E-state index in [1.165, 1.54) is 16.7 Å². The number of rotatable bonds is 4. The molecule has 9 heteroatoms. The van der Waals surface area contributed by atoms with E-state index in [0.29, 0.717) is 11.6 Å². The SMILES string of the molecule is CC1(c2ccccc2F)CCN(Cc2ccn3c(CC(F)(F)F)nnc3c2Cl)CC1. The quantitative estimate of drug-likeness (QED) is 0.524. The number of nitrogens with zero attached hydrogens (tertiary/aromatic N) is 4. The highest BCUT2D eigenvalue weighted by Gasteiger charge is 2.34. The molecular formula is C21H21ClF4N4. The number of likely N-dealkylation sites (tertiary alicyclic amines) is 1. The number of pyridine rings is 1. The third-order valence-corrected chi connectivity index (χ3v) is 6.32. The zero-order chi connectivity index (χ0) is 21.5. The Bertz CT molecular complexity index is 1050. The van der Waals surface area contributed by atoms with E-state index in [-0.39, 0.29) is 22.7 Å². The highest BCUT2D eigenvalue weighted by Crippen LogP contribution is 2.37. The van der Waals surface area contributed by atoms with E-state index in [2.05, 4.69) is 22.0 Å². The maximum Gasteiger partial charge on any atom is 0.396 e. The van der Waals surface area contributed by atoms with Crippen molar-refractivity contribution in [3.8, 4) is 0 Å². The van der Waals surface area contributed by atoms with Crippen LogP contribution >= 0.6 is 11.6 Å². The fraction of sp³-hybridized carbons (Fsp3) is 0.429. The minimum atomic E-state index is -4.37. The van der Waals surface area contributed by atoms with Gasteiger partial charge in [0.25, 0.3) is 0 Å². The fourth-order valence-corrected chi connectivity index (χ4v) is 4.35. The molecule has 0 spiro atoms. The molecule has 0 amide bonds. The minimum Gasteiger partial charge on any atom is -0.299 e. The lowest BCUT2D eigenvalue weighted by Crippen LogP contribution is -2.41. The molecule has 0 saturated carbocycles. The Hall–Kier alpha value is -2.19. The van der Waals surface area contributed by atoms with Gasteiger partial charge in [-0.3, -0.25) is 9.30 Å². The first-order valence-corrected chi connectivity index (χ1v) is 10.1. The Balaban J connectivity index is 1.48. The lowest BCUT2D eigenvalue weighted by molar-refractivity contribution is -0.128. The van der Waals surface area contributed by atoms with Gasteiger partial charge in [-0.25, -0.2) is 4.39 Å². The van der Waals surface area contributed by atoms with Gasteiger partial charge >= 0.3 is 6.18 Å². The molecule has 4 nitrogen and oxygen atoms in total. The summed E-state index contributed by atoms with van der Waals surface area (Å²) in [5.74, 6) is -0.368. The first-order valence-electron chi connectivity index (χ1n) is 9.71. The molecule has 160 valence electrons. The number of piperidine rings is 1. The van der Waals surface area contributed by atoms with Crippen LogP contribution in [0.3, 0.4) is 0 Å².